The third kappa shape index (κ3) is 7.00. The Balaban J connectivity index is 1.46. The van der Waals surface area contributed by atoms with E-state index in [0.717, 1.165) is 51.0 Å². The standard InChI is InChI=1S/C18H27N3O3/c22-17(21-13-11-19-12-14-21)9-5-2-6-10-20-18(23)24-15-16-7-3-1-4-8-16/h1,3-4,7-8,19H,2,5-6,9-15H2,(H,20,23). The molecule has 0 radical (unpaired) electrons. The molecular formula is C18H27N3O3. The number of benzene rings is 1. The molecule has 1 fully saturated rings. The maximum Gasteiger partial charge on any atom is 0.407 e. The summed E-state index contributed by atoms with van der Waals surface area (Å²) in [4.78, 5) is 25.5. The Bertz CT molecular complexity index is 501. The van der Waals surface area contributed by atoms with Crippen LogP contribution in [0.4, 0.5) is 4.79 Å². The summed E-state index contributed by atoms with van der Waals surface area (Å²) in [6, 6.07) is 9.60. The van der Waals surface area contributed by atoms with Crippen LogP contribution in [-0.2, 0) is 16.1 Å². The van der Waals surface area contributed by atoms with E-state index in [-0.39, 0.29) is 12.5 Å². The highest BCUT2D eigenvalue weighted by Crippen LogP contribution is 2.04. The highest BCUT2D eigenvalue weighted by atomic mass is 16.5. The molecule has 2 N–H and O–H groups in total. The average molecular weight is 333 g/mol. The first-order valence-corrected chi connectivity index (χ1v) is 8.69. The number of amides is 2. The van der Waals surface area contributed by atoms with Crippen LogP contribution in [0.3, 0.4) is 0 Å². The van der Waals surface area contributed by atoms with Crippen molar-refractivity contribution in [3.05, 3.63) is 35.9 Å². The molecule has 0 atom stereocenters. The Labute approximate surface area is 143 Å². The normalized spacial score (nSPS) is 14.2. The molecule has 1 aromatic rings. The molecule has 1 aliphatic heterocycles. The molecule has 2 amide bonds. The number of unbranched alkanes of at least 4 members (excludes halogenated alkanes) is 2. The Kier molecular flexibility index (Phi) is 8.10. The number of carbonyl (C=O) groups excluding carboxylic acids is 2. The summed E-state index contributed by atoms with van der Waals surface area (Å²) in [6.45, 7) is 4.27. The Morgan fingerprint density at radius 2 is 1.83 bits per heavy atom. The van der Waals surface area contributed by atoms with Crippen molar-refractivity contribution in [2.45, 2.75) is 32.3 Å². The number of carbonyl (C=O) groups is 2. The molecule has 0 unspecified atom stereocenters. The molecule has 0 spiro atoms. The maximum absolute atomic E-state index is 12.0. The van der Waals surface area contributed by atoms with Gasteiger partial charge < -0.3 is 20.3 Å². The minimum Gasteiger partial charge on any atom is -0.445 e. The SMILES string of the molecule is O=C(NCCCCCC(=O)N1CCNCC1)OCc1ccccc1. The van der Waals surface area contributed by atoms with E-state index in [1.165, 1.54) is 0 Å². The second-order valence-corrected chi connectivity index (χ2v) is 5.93. The molecule has 0 aromatic heterocycles. The predicted molar refractivity (Wildman–Crippen MR) is 92.5 cm³/mol. The van der Waals surface area contributed by atoms with Crippen molar-refractivity contribution >= 4 is 12.0 Å². The summed E-state index contributed by atoms with van der Waals surface area (Å²) in [7, 11) is 0. The first-order valence-electron chi connectivity index (χ1n) is 8.69. The van der Waals surface area contributed by atoms with E-state index in [2.05, 4.69) is 10.6 Å². The van der Waals surface area contributed by atoms with Crippen LogP contribution >= 0.6 is 0 Å². The van der Waals surface area contributed by atoms with E-state index in [4.69, 9.17) is 4.74 Å². The number of nitrogens with one attached hydrogen (secondary N) is 2. The zero-order valence-electron chi connectivity index (χ0n) is 14.1. The highest BCUT2D eigenvalue weighted by Gasteiger charge is 2.15. The van der Waals surface area contributed by atoms with Gasteiger partial charge in [-0.15, -0.1) is 0 Å². The van der Waals surface area contributed by atoms with Crippen LogP contribution in [0.5, 0.6) is 0 Å². The Hall–Kier alpha value is -2.08. The molecule has 0 saturated carbocycles. The Morgan fingerprint density at radius 3 is 2.58 bits per heavy atom. The van der Waals surface area contributed by atoms with Crippen LogP contribution in [0.1, 0.15) is 31.2 Å². The van der Waals surface area contributed by atoms with Crippen molar-refractivity contribution in [2.75, 3.05) is 32.7 Å². The van der Waals surface area contributed by atoms with Gasteiger partial charge in [0, 0.05) is 39.1 Å². The molecule has 1 saturated heterocycles. The third-order valence-electron chi connectivity index (χ3n) is 4.02. The number of nitrogens with zero attached hydrogens (tertiary/aromatic N) is 1. The number of ether oxygens (including phenoxy) is 1. The Morgan fingerprint density at radius 1 is 1.08 bits per heavy atom. The fourth-order valence-electron chi connectivity index (χ4n) is 2.61. The number of piperazine rings is 1. The molecule has 24 heavy (non-hydrogen) atoms. The minimum atomic E-state index is -0.393. The lowest BCUT2D eigenvalue weighted by Crippen LogP contribution is -2.46. The van der Waals surface area contributed by atoms with E-state index in [1.807, 2.05) is 35.2 Å². The molecule has 0 aliphatic carbocycles. The number of hydrogen-bond donors (Lipinski definition) is 2. The second-order valence-electron chi connectivity index (χ2n) is 5.93. The van der Waals surface area contributed by atoms with Crippen LogP contribution < -0.4 is 10.6 Å². The molecule has 1 aliphatic rings. The number of rotatable bonds is 8. The number of hydrogen-bond acceptors (Lipinski definition) is 4. The monoisotopic (exact) mass is 333 g/mol. The molecular weight excluding hydrogens is 306 g/mol. The van der Waals surface area contributed by atoms with E-state index in [1.54, 1.807) is 0 Å². The van der Waals surface area contributed by atoms with Crippen molar-refractivity contribution in [1.82, 2.24) is 15.5 Å². The summed E-state index contributed by atoms with van der Waals surface area (Å²) in [5.74, 6) is 0.242. The smallest absolute Gasteiger partial charge is 0.407 e. The lowest BCUT2D eigenvalue weighted by molar-refractivity contribution is -0.131. The van der Waals surface area contributed by atoms with Crippen LogP contribution in [0.2, 0.25) is 0 Å². The maximum atomic E-state index is 12.0. The van der Waals surface area contributed by atoms with Crippen LogP contribution in [-0.4, -0.2) is 49.6 Å². The summed E-state index contributed by atoms with van der Waals surface area (Å²) < 4.78 is 5.14. The van der Waals surface area contributed by atoms with Gasteiger partial charge in [-0.1, -0.05) is 36.8 Å². The first kappa shape index (κ1) is 18.3. The third-order valence-corrected chi connectivity index (χ3v) is 4.02. The zero-order chi connectivity index (χ0) is 17.0. The molecule has 132 valence electrons. The quantitative estimate of drug-likeness (QED) is 0.713. The van der Waals surface area contributed by atoms with Gasteiger partial charge in [0.15, 0.2) is 0 Å². The summed E-state index contributed by atoms with van der Waals surface area (Å²) in [5, 5.41) is 5.98. The topological polar surface area (TPSA) is 70.7 Å². The van der Waals surface area contributed by atoms with Crippen molar-refractivity contribution < 1.29 is 14.3 Å². The van der Waals surface area contributed by atoms with Gasteiger partial charge in [-0.2, -0.15) is 0 Å². The van der Waals surface area contributed by atoms with Gasteiger partial charge in [-0.3, -0.25) is 4.79 Å². The van der Waals surface area contributed by atoms with Gasteiger partial charge in [0.2, 0.25) is 5.91 Å². The molecule has 6 heteroatoms. The summed E-state index contributed by atoms with van der Waals surface area (Å²) >= 11 is 0. The second kappa shape index (κ2) is 10.6. The van der Waals surface area contributed by atoms with Gasteiger partial charge in [0.25, 0.3) is 0 Å². The van der Waals surface area contributed by atoms with Crippen LogP contribution in [0.25, 0.3) is 0 Å². The lowest BCUT2D eigenvalue weighted by Gasteiger charge is -2.27. The molecule has 1 heterocycles. The van der Waals surface area contributed by atoms with Crippen molar-refractivity contribution in [1.29, 1.82) is 0 Å². The van der Waals surface area contributed by atoms with Crippen molar-refractivity contribution in [3.63, 3.8) is 0 Å². The van der Waals surface area contributed by atoms with Gasteiger partial charge in [-0.25, -0.2) is 4.79 Å². The largest absolute Gasteiger partial charge is 0.445 e. The summed E-state index contributed by atoms with van der Waals surface area (Å²) in [5.41, 5.74) is 0.971. The first-order chi connectivity index (χ1) is 11.8. The van der Waals surface area contributed by atoms with Crippen molar-refractivity contribution in [3.8, 4) is 0 Å². The van der Waals surface area contributed by atoms with E-state index in [0.29, 0.717) is 13.0 Å². The zero-order valence-corrected chi connectivity index (χ0v) is 14.1. The van der Waals surface area contributed by atoms with E-state index < -0.39 is 6.09 Å². The molecule has 1 aromatic carbocycles. The van der Waals surface area contributed by atoms with E-state index in [9.17, 15) is 9.59 Å². The van der Waals surface area contributed by atoms with Crippen LogP contribution in [0.15, 0.2) is 30.3 Å². The molecule has 2 rings (SSSR count). The van der Waals surface area contributed by atoms with Gasteiger partial charge in [0.1, 0.15) is 6.61 Å². The predicted octanol–water partition coefficient (Wildman–Crippen LogP) is 1.90. The summed E-state index contributed by atoms with van der Waals surface area (Å²) in [6.07, 6.45) is 2.85. The highest BCUT2D eigenvalue weighted by molar-refractivity contribution is 5.76. The van der Waals surface area contributed by atoms with Gasteiger partial charge in [-0.05, 0) is 18.4 Å². The molecule has 0 bridgehead atoms. The van der Waals surface area contributed by atoms with Gasteiger partial charge in [0.05, 0.1) is 0 Å². The lowest BCUT2D eigenvalue weighted by atomic mass is 10.1. The van der Waals surface area contributed by atoms with E-state index >= 15 is 0 Å². The molecule has 6 nitrogen and oxygen atoms in total. The van der Waals surface area contributed by atoms with Gasteiger partial charge >= 0.3 is 6.09 Å². The fraction of sp³-hybridized carbons (Fsp3) is 0.556. The fourth-order valence-corrected chi connectivity index (χ4v) is 2.61. The average Bonchev–Trinajstić information content (AvgIpc) is 2.64. The number of alkyl carbamates (subject to hydrolysis) is 1. The van der Waals surface area contributed by atoms with Crippen LogP contribution in [0, 0.1) is 0 Å². The van der Waals surface area contributed by atoms with Crippen molar-refractivity contribution in [2.24, 2.45) is 0 Å². The minimum absolute atomic E-state index is 0.242.